The van der Waals surface area contributed by atoms with Crippen LogP contribution < -0.4 is 5.32 Å². The third kappa shape index (κ3) is 1.85. The van der Waals surface area contributed by atoms with Crippen molar-refractivity contribution in [2.45, 2.75) is 6.92 Å². The highest BCUT2D eigenvalue weighted by molar-refractivity contribution is 5.99. The molecule has 1 aromatic carbocycles. The lowest BCUT2D eigenvalue weighted by Crippen LogP contribution is -2.19. The van der Waals surface area contributed by atoms with Crippen LogP contribution in [0.15, 0.2) is 12.1 Å². The zero-order chi connectivity index (χ0) is 10.7. The summed E-state index contributed by atoms with van der Waals surface area (Å²) in [5.74, 6) is -0.546. The number of phenols is 2. The quantitative estimate of drug-likeness (QED) is 0.493. The van der Waals surface area contributed by atoms with Crippen molar-refractivity contribution in [3.63, 3.8) is 0 Å². The van der Waals surface area contributed by atoms with Crippen molar-refractivity contribution in [2.75, 3.05) is 13.6 Å². The molecule has 0 amide bonds. The maximum atomic E-state index is 11.5. The molecule has 4 nitrogen and oxygen atoms in total. The zero-order valence-corrected chi connectivity index (χ0v) is 8.16. The van der Waals surface area contributed by atoms with Gasteiger partial charge in [0.2, 0.25) is 0 Å². The molecule has 0 saturated heterocycles. The minimum Gasteiger partial charge on any atom is -0.504 e. The van der Waals surface area contributed by atoms with Crippen LogP contribution in [0.1, 0.15) is 15.9 Å². The lowest BCUT2D eigenvalue weighted by atomic mass is 10.0. The molecule has 1 rings (SSSR count). The first kappa shape index (κ1) is 10.5. The number of carbonyl (C=O) groups is 1. The lowest BCUT2D eigenvalue weighted by Gasteiger charge is -2.07. The van der Waals surface area contributed by atoms with E-state index in [-0.39, 0.29) is 23.8 Å². The molecule has 1 aromatic rings. The van der Waals surface area contributed by atoms with Crippen molar-refractivity contribution in [3.05, 3.63) is 23.3 Å². The first-order valence-corrected chi connectivity index (χ1v) is 4.27. The highest BCUT2D eigenvalue weighted by atomic mass is 16.3. The Hall–Kier alpha value is -1.55. The van der Waals surface area contributed by atoms with Gasteiger partial charge in [0.1, 0.15) is 0 Å². The number of nitrogens with one attached hydrogen (secondary N) is 1. The van der Waals surface area contributed by atoms with Crippen molar-refractivity contribution in [1.82, 2.24) is 5.32 Å². The Morgan fingerprint density at radius 1 is 1.43 bits per heavy atom. The van der Waals surface area contributed by atoms with Gasteiger partial charge in [0, 0.05) is 11.1 Å². The average molecular weight is 195 g/mol. The van der Waals surface area contributed by atoms with Crippen LogP contribution in [0.4, 0.5) is 0 Å². The topological polar surface area (TPSA) is 69.6 Å². The molecular formula is C10H13NO3. The van der Waals surface area contributed by atoms with E-state index in [2.05, 4.69) is 5.32 Å². The fourth-order valence-electron chi connectivity index (χ4n) is 1.24. The number of rotatable bonds is 3. The van der Waals surface area contributed by atoms with E-state index in [9.17, 15) is 9.90 Å². The Kier molecular flexibility index (Phi) is 3.09. The first-order valence-electron chi connectivity index (χ1n) is 4.27. The largest absolute Gasteiger partial charge is 0.504 e. The van der Waals surface area contributed by atoms with Crippen molar-refractivity contribution >= 4 is 5.78 Å². The van der Waals surface area contributed by atoms with Crippen LogP contribution in [0.25, 0.3) is 0 Å². The third-order valence-electron chi connectivity index (χ3n) is 2.05. The number of hydrogen-bond donors (Lipinski definition) is 3. The number of aromatic hydroxyl groups is 2. The van der Waals surface area contributed by atoms with Gasteiger partial charge in [-0.3, -0.25) is 4.79 Å². The zero-order valence-electron chi connectivity index (χ0n) is 8.16. The van der Waals surface area contributed by atoms with Gasteiger partial charge in [-0.2, -0.15) is 0 Å². The Bertz CT molecular complexity index is 361. The average Bonchev–Trinajstić information content (AvgIpc) is 2.15. The third-order valence-corrected chi connectivity index (χ3v) is 2.05. The second-order valence-corrected chi connectivity index (χ2v) is 3.06. The molecule has 0 bridgehead atoms. The van der Waals surface area contributed by atoms with Gasteiger partial charge in [-0.05, 0) is 26.1 Å². The van der Waals surface area contributed by atoms with Gasteiger partial charge < -0.3 is 15.5 Å². The second-order valence-electron chi connectivity index (χ2n) is 3.06. The molecule has 0 unspecified atom stereocenters. The maximum absolute atomic E-state index is 11.5. The molecule has 14 heavy (non-hydrogen) atoms. The van der Waals surface area contributed by atoms with Gasteiger partial charge in [0.15, 0.2) is 17.3 Å². The van der Waals surface area contributed by atoms with E-state index in [0.29, 0.717) is 11.1 Å². The second kappa shape index (κ2) is 4.11. The smallest absolute Gasteiger partial charge is 0.176 e. The Labute approximate surface area is 82.2 Å². The summed E-state index contributed by atoms with van der Waals surface area (Å²) < 4.78 is 0. The van der Waals surface area contributed by atoms with Crippen molar-refractivity contribution in [3.8, 4) is 11.5 Å². The van der Waals surface area contributed by atoms with Crippen molar-refractivity contribution < 1.29 is 15.0 Å². The number of Topliss-reactive ketones (excluding diaryl/α,β-unsaturated/α-hetero) is 1. The summed E-state index contributed by atoms with van der Waals surface area (Å²) in [4.78, 5) is 11.5. The number of carbonyl (C=O) groups excluding carboxylic acids is 1. The fourth-order valence-corrected chi connectivity index (χ4v) is 1.24. The number of phenolic OH excluding ortho intramolecular Hbond substituents is 2. The Morgan fingerprint density at radius 2 is 2.07 bits per heavy atom. The van der Waals surface area contributed by atoms with Gasteiger partial charge in [0.25, 0.3) is 0 Å². The number of hydrogen-bond acceptors (Lipinski definition) is 4. The van der Waals surface area contributed by atoms with Crippen LogP contribution in [0.3, 0.4) is 0 Å². The molecule has 0 spiro atoms. The minimum absolute atomic E-state index is 0.111. The predicted molar refractivity (Wildman–Crippen MR) is 52.8 cm³/mol. The summed E-state index contributed by atoms with van der Waals surface area (Å²) in [5, 5.41) is 21.3. The molecule has 0 heterocycles. The number of benzene rings is 1. The van der Waals surface area contributed by atoms with Crippen LogP contribution in [0.2, 0.25) is 0 Å². The summed E-state index contributed by atoms with van der Waals surface area (Å²) >= 11 is 0. The highest BCUT2D eigenvalue weighted by Gasteiger charge is 2.13. The van der Waals surface area contributed by atoms with Crippen molar-refractivity contribution in [2.24, 2.45) is 0 Å². The van der Waals surface area contributed by atoms with Crippen LogP contribution >= 0.6 is 0 Å². The molecule has 0 aliphatic carbocycles. The summed E-state index contributed by atoms with van der Waals surface area (Å²) in [5.41, 5.74) is 0.833. The molecule has 0 aromatic heterocycles. The van der Waals surface area contributed by atoms with E-state index >= 15 is 0 Å². The van der Waals surface area contributed by atoms with Gasteiger partial charge in [0.05, 0.1) is 6.54 Å². The van der Waals surface area contributed by atoms with Crippen LogP contribution in [0.5, 0.6) is 11.5 Å². The molecule has 0 aliphatic rings. The molecule has 0 radical (unpaired) electrons. The SMILES string of the molecule is CNCC(=O)c1ccc(O)c(O)c1C. The molecular weight excluding hydrogens is 182 g/mol. The molecule has 3 N–H and O–H groups in total. The number of likely N-dealkylation sites (N-methyl/N-ethyl adjacent to an activating group) is 1. The van der Waals surface area contributed by atoms with Gasteiger partial charge in [-0.15, -0.1) is 0 Å². The monoisotopic (exact) mass is 195 g/mol. The van der Waals surface area contributed by atoms with Gasteiger partial charge in [-0.25, -0.2) is 0 Å². The maximum Gasteiger partial charge on any atom is 0.176 e. The van der Waals surface area contributed by atoms with Crippen LogP contribution in [-0.4, -0.2) is 29.6 Å². The Morgan fingerprint density at radius 3 is 2.64 bits per heavy atom. The fraction of sp³-hybridized carbons (Fsp3) is 0.300. The normalized spacial score (nSPS) is 10.1. The molecule has 0 aliphatic heterocycles. The Balaban J connectivity index is 3.11. The summed E-state index contributed by atoms with van der Waals surface area (Å²) in [6.07, 6.45) is 0. The van der Waals surface area contributed by atoms with E-state index in [0.717, 1.165) is 0 Å². The lowest BCUT2D eigenvalue weighted by molar-refractivity contribution is 0.0992. The summed E-state index contributed by atoms with van der Waals surface area (Å²) in [7, 11) is 1.67. The number of ketones is 1. The first-order chi connectivity index (χ1) is 6.57. The van der Waals surface area contributed by atoms with Crippen LogP contribution in [-0.2, 0) is 0 Å². The van der Waals surface area contributed by atoms with E-state index in [1.807, 2.05) is 0 Å². The predicted octanol–water partition coefficient (Wildman–Crippen LogP) is 0.808. The molecule has 4 heteroatoms. The molecule has 76 valence electrons. The molecule has 0 fully saturated rings. The van der Waals surface area contributed by atoms with Gasteiger partial charge in [-0.1, -0.05) is 0 Å². The molecule has 0 saturated carbocycles. The standard InChI is InChI=1S/C10H13NO3/c1-6-7(9(13)5-11-2)3-4-8(12)10(6)14/h3-4,11-12,14H,5H2,1-2H3. The summed E-state index contributed by atoms with van der Waals surface area (Å²) in [6.45, 7) is 1.81. The highest BCUT2D eigenvalue weighted by Crippen LogP contribution is 2.30. The van der Waals surface area contributed by atoms with Gasteiger partial charge >= 0.3 is 0 Å². The van der Waals surface area contributed by atoms with E-state index in [1.165, 1.54) is 12.1 Å². The summed E-state index contributed by atoms with van der Waals surface area (Å²) in [6, 6.07) is 2.81. The van der Waals surface area contributed by atoms with Crippen molar-refractivity contribution in [1.29, 1.82) is 0 Å². The minimum atomic E-state index is -0.230. The molecule has 0 atom stereocenters. The van der Waals surface area contributed by atoms with E-state index < -0.39 is 0 Å². The van der Waals surface area contributed by atoms with E-state index in [1.54, 1.807) is 14.0 Å². The van der Waals surface area contributed by atoms with E-state index in [4.69, 9.17) is 5.11 Å². The van der Waals surface area contributed by atoms with Crippen LogP contribution in [0, 0.1) is 6.92 Å².